The molecule has 2 aliphatic rings. The molecule has 0 radical (unpaired) electrons. The van der Waals surface area contributed by atoms with Crippen molar-refractivity contribution in [2.24, 2.45) is 0 Å². The molecule has 1 aromatic heterocycles. The number of rotatable bonds is 4. The van der Waals surface area contributed by atoms with Crippen LogP contribution >= 0.6 is 0 Å². The Bertz CT molecular complexity index is 1770. The highest BCUT2D eigenvalue weighted by Gasteiger charge is 2.52. The number of furan rings is 1. The second kappa shape index (κ2) is 9.37. The fraction of sp³-hybridized carbons (Fsp3) is 0.222. The summed E-state index contributed by atoms with van der Waals surface area (Å²) in [6.45, 7) is 8.34. The van der Waals surface area contributed by atoms with Crippen LogP contribution in [-0.2, 0) is 9.31 Å². The van der Waals surface area contributed by atoms with E-state index in [-0.39, 0.29) is 0 Å². The Hall–Kier alpha value is -3.86. The Labute approximate surface area is 236 Å². The molecule has 0 saturated carbocycles. The van der Waals surface area contributed by atoms with E-state index >= 15 is 0 Å². The highest BCUT2D eigenvalue weighted by atomic mass is 16.7. The van der Waals surface area contributed by atoms with E-state index in [4.69, 9.17) is 13.7 Å². The molecule has 1 saturated heterocycles. The van der Waals surface area contributed by atoms with Gasteiger partial charge in [-0.2, -0.15) is 0 Å². The summed E-state index contributed by atoms with van der Waals surface area (Å²) in [6.07, 6.45) is 9.06. The van der Waals surface area contributed by atoms with Crippen molar-refractivity contribution in [3.05, 3.63) is 109 Å². The second-order valence-electron chi connectivity index (χ2n) is 11.9. The highest BCUT2D eigenvalue weighted by molar-refractivity contribution is 6.66. The molecule has 40 heavy (non-hydrogen) atoms. The first kappa shape index (κ1) is 25.1. The van der Waals surface area contributed by atoms with Gasteiger partial charge in [-0.25, -0.2) is 0 Å². The Morgan fingerprint density at radius 3 is 1.85 bits per heavy atom. The van der Waals surface area contributed by atoms with Crippen molar-refractivity contribution in [2.45, 2.75) is 51.7 Å². The average Bonchev–Trinajstić information content (AvgIpc) is 3.45. The van der Waals surface area contributed by atoms with Gasteiger partial charge in [-0.1, -0.05) is 85.0 Å². The molecule has 1 fully saturated rings. The van der Waals surface area contributed by atoms with Crippen LogP contribution in [0.25, 0.3) is 49.8 Å². The fourth-order valence-corrected chi connectivity index (χ4v) is 5.74. The molecule has 3 nitrogen and oxygen atoms in total. The summed E-state index contributed by atoms with van der Waals surface area (Å²) in [7, 11) is -0.450. The molecule has 2 heterocycles. The van der Waals surface area contributed by atoms with Gasteiger partial charge in [0.05, 0.1) is 11.2 Å². The smallest absolute Gasteiger partial charge is 0.456 e. The highest BCUT2D eigenvalue weighted by Crippen LogP contribution is 2.39. The number of fused-ring (bicyclic) bond motifs is 3. The van der Waals surface area contributed by atoms with E-state index in [1.165, 1.54) is 27.8 Å². The van der Waals surface area contributed by atoms with Gasteiger partial charge in [-0.3, -0.25) is 0 Å². The molecular formula is C36H33BO3. The molecule has 0 unspecified atom stereocenters. The first-order valence-electron chi connectivity index (χ1n) is 14.2. The lowest BCUT2D eigenvalue weighted by atomic mass is 9.76. The summed E-state index contributed by atoms with van der Waals surface area (Å²) in [5.74, 6) is 0. The first-order chi connectivity index (χ1) is 19.3. The lowest BCUT2D eigenvalue weighted by molar-refractivity contribution is 0.00578. The summed E-state index contributed by atoms with van der Waals surface area (Å²) < 4.78 is 19.1. The van der Waals surface area contributed by atoms with Gasteiger partial charge in [0.25, 0.3) is 0 Å². The molecule has 0 atom stereocenters. The predicted octanol–water partition coefficient (Wildman–Crippen LogP) is 8.95. The van der Waals surface area contributed by atoms with Crippen LogP contribution in [0.5, 0.6) is 0 Å². The van der Waals surface area contributed by atoms with Gasteiger partial charge in [0.2, 0.25) is 0 Å². The van der Waals surface area contributed by atoms with Gasteiger partial charge >= 0.3 is 7.12 Å². The zero-order valence-corrected chi connectivity index (χ0v) is 23.5. The van der Waals surface area contributed by atoms with Crippen LogP contribution < -0.4 is 5.46 Å². The van der Waals surface area contributed by atoms with Crippen LogP contribution in [0.3, 0.4) is 0 Å². The molecule has 1 aliphatic heterocycles. The predicted molar refractivity (Wildman–Crippen MR) is 167 cm³/mol. The Morgan fingerprint density at radius 2 is 1.23 bits per heavy atom. The van der Waals surface area contributed by atoms with Crippen molar-refractivity contribution in [1.29, 1.82) is 0 Å². The molecule has 0 spiro atoms. The van der Waals surface area contributed by atoms with Crippen LogP contribution in [0.1, 0.15) is 46.1 Å². The second-order valence-corrected chi connectivity index (χ2v) is 11.9. The summed E-state index contributed by atoms with van der Waals surface area (Å²) in [5, 5.41) is 2.13. The molecule has 4 aromatic carbocycles. The molecule has 5 aromatic rings. The minimum absolute atomic E-state index is 0.406. The largest absolute Gasteiger partial charge is 0.495 e. The van der Waals surface area contributed by atoms with E-state index in [2.05, 4.69) is 119 Å². The third kappa shape index (κ3) is 4.23. The monoisotopic (exact) mass is 524 g/mol. The van der Waals surface area contributed by atoms with Crippen molar-refractivity contribution >= 4 is 40.1 Å². The van der Waals surface area contributed by atoms with E-state index in [1.54, 1.807) is 0 Å². The van der Waals surface area contributed by atoms with E-state index in [0.29, 0.717) is 0 Å². The van der Waals surface area contributed by atoms with Gasteiger partial charge in [-0.05, 0) is 97.6 Å². The SMILES string of the molecule is CC1(C)OB(c2cccc3oc4ccc(-c5ccc(-c6ccc(C7=CCCC=C7)cc6)cc5)cc4c23)OC1(C)C. The molecule has 7 rings (SSSR count). The average molecular weight is 524 g/mol. The van der Waals surface area contributed by atoms with E-state index < -0.39 is 18.3 Å². The Kier molecular flexibility index (Phi) is 5.88. The van der Waals surface area contributed by atoms with Crippen molar-refractivity contribution in [3.63, 3.8) is 0 Å². The third-order valence-electron chi connectivity index (χ3n) is 8.80. The van der Waals surface area contributed by atoms with Crippen LogP contribution in [0.4, 0.5) is 0 Å². The number of hydrogen-bond donors (Lipinski definition) is 0. The van der Waals surface area contributed by atoms with Crippen LogP contribution in [0.15, 0.2) is 108 Å². The summed E-state index contributed by atoms with van der Waals surface area (Å²) in [4.78, 5) is 0. The number of allylic oxidation sites excluding steroid dienone is 4. The Morgan fingerprint density at radius 1 is 0.625 bits per heavy atom. The molecule has 0 bridgehead atoms. The molecule has 0 N–H and O–H groups in total. The number of hydrogen-bond acceptors (Lipinski definition) is 3. The molecule has 198 valence electrons. The van der Waals surface area contributed by atoms with Gasteiger partial charge in [0.1, 0.15) is 11.2 Å². The fourth-order valence-electron chi connectivity index (χ4n) is 5.74. The van der Waals surface area contributed by atoms with Gasteiger partial charge < -0.3 is 13.7 Å². The minimum atomic E-state index is -0.450. The van der Waals surface area contributed by atoms with Gasteiger partial charge in [0.15, 0.2) is 0 Å². The van der Waals surface area contributed by atoms with E-state index in [0.717, 1.165) is 45.8 Å². The topological polar surface area (TPSA) is 31.6 Å². The van der Waals surface area contributed by atoms with Crippen LogP contribution in [0.2, 0.25) is 0 Å². The van der Waals surface area contributed by atoms with Crippen LogP contribution in [-0.4, -0.2) is 18.3 Å². The van der Waals surface area contributed by atoms with E-state index in [1.807, 2.05) is 12.1 Å². The minimum Gasteiger partial charge on any atom is -0.456 e. The third-order valence-corrected chi connectivity index (χ3v) is 8.80. The zero-order valence-electron chi connectivity index (χ0n) is 23.5. The lowest BCUT2D eigenvalue weighted by Crippen LogP contribution is -2.41. The number of benzene rings is 4. The van der Waals surface area contributed by atoms with Gasteiger partial charge in [-0.15, -0.1) is 0 Å². The quantitative estimate of drug-likeness (QED) is 0.220. The summed E-state index contributed by atoms with van der Waals surface area (Å²) in [5.41, 5.74) is 9.24. The first-order valence-corrected chi connectivity index (χ1v) is 14.2. The maximum absolute atomic E-state index is 6.42. The Balaban J connectivity index is 1.21. The summed E-state index contributed by atoms with van der Waals surface area (Å²) >= 11 is 0. The van der Waals surface area contributed by atoms with E-state index in [9.17, 15) is 0 Å². The maximum atomic E-state index is 6.42. The van der Waals surface area contributed by atoms with Crippen molar-refractivity contribution in [3.8, 4) is 22.3 Å². The maximum Gasteiger partial charge on any atom is 0.495 e. The molecule has 4 heteroatoms. The standard InChI is InChI=1S/C36H33BO3/c1-35(2)36(3,4)40-37(39-35)31-11-8-12-33-34(31)30-23-29(21-22-32(30)38-33)28-19-17-27(18-20-28)26-15-13-25(14-16-26)24-9-6-5-7-10-24/h6,8-23H,5,7H2,1-4H3. The van der Waals surface area contributed by atoms with Gasteiger partial charge in [0, 0.05) is 10.8 Å². The molecule has 0 amide bonds. The van der Waals surface area contributed by atoms with Crippen LogP contribution in [0, 0.1) is 0 Å². The lowest BCUT2D eigenvalue weighted by Gasteiger charge is -2.32. The van der Waals surface area contributed by atoms with Crippen molar-refractivity contribution in [1.82, 2.24) is 0 Å². The summed E-state index contributed by atoms with van der Waals surface area (Å²) in [6, 6.07) is 30.2. The zero-order chi connectivity index (χ0) is 27.5. The molecular weight excluding hydrogens is 491 g/mol. The normalized spacial score (nSPS) is 18.0. The van der Waals surface area contributed by atoms with Crippen molar-refractivity contribution < 1.29 is 13.7 Å². The molecule has 1 aliphatic carbocycles. The van der Waals surface area contributed by atoms with Crippen molar-refractivity contribution in [2.75, 3.05) is 0 Å².